The van der Waals surface area contributed by atoms with Gasteiger partial charge in [0.05, 0.1) is 18.3 Å². The van der Waals surface area contributed by atoms with Crippen molar-refractivity contribution >= 4 is 23.5 Å². The van der Waals surface area contributed by atoms with Gasteiger partial charge in [0.25, 0.3) is 0 Å². The van der Waals surface area contributed by atoms with Gasteiger partial charge < -0.3 is 14.8 Å². The lowest BCUT2D eigenvalue weighted by Crippen LogP contribution is -2.37. The van der Waals surface area contributed by atoms with Crippen molar-refractivity contribution in [1.82, 2.24) is 9.47 Å². The second kappa shape index (κ2) is 9.43. The fourth-order valence-electron chi connectivity index (χ4n) is 4.65. The molecule has 0 spiro atoms. The minimum atomic E-state index is -0.215. The van der Waals surface area contributed by atoms with Crippen molar-refractivity contribution in [3.05, 3.63) is 114 Å². The van der Waals surface area contributed by atoms with Crippen LogP contribution in [-0.4, -0.2) is 21.8 Å². The number of thioether (sulfide) groups is 1. The van der Waals surface area contributed by atoms with E-state index in [1.54, 1.807) is 11.8 Å². The maximum absolute atomic E-state index is 13.8. The molecule has 5 rings (SSSR count). The molecule has 3 aromatic carbocycles. The van der Waals surface area contributed by atoms with Gasteiger partial charge in [0.2, 0.25) is 0 Å². The Morgan fingerprint density at radius 2 is 1.76 bits per heavy atom. The number of hydrogen-bond donors (Lipinski definition) is 1. The van der Waals surface area contributed by atoms with Gasteiger partial charge in [-0.15, -0.1) is 11.8 Å². The van der Waals surface area contributed by atoms with Gasteiger partial charge in [-0.2, -0.15) is 0 Å². The molecule has 1 aromatic heterocycles. The minimum Gasteiger partial charge on any atom is -0.318 e. The van der Waals surface area contributed by atoms with Gasteiger partial charge in [-0.1, -0.05) is 62.4 Å². The third-order valence-electron chi connectivity index (χ3n) is 6.46. The van der Waals surface area contributed by atoms with Crippen LogP contribution in [0.25, 0.3) is 5.69 Å². The predicted molar refractivity (Wildman–Crippen MR) is 141 cm³/mol. The van der Waals surface area contributed by atoms with Crippen molar-refractivity contribution in [2.45, 2.75) is 37.2 Å². The average molecular weight is 468 g/mol. The molecule has 1 aliphatic rings. The molecule has 34 heavy (non-hydrogen) atoms. The van der Waals surface area contributed by atoms with E-state index in [1.165, 1.54) is 5.56 Å². The number of rotatable bonds is 4. The Morgan fingerprint density at radius 3 is 2.53 bits per heavy atom. The Kier molecular flexibility index (Phi) is 6.20. The summed E-state index contributed by atoms with van der Waals surface area (Å²) in [5, 5.41) is 3.16. The molecule has 0 aliphatic carbocycles. The van der Waals surface area contributed by atoms with Crippen LogP contribution in [0.2, 0.25) is 0 Å². The fourth-order valence-corrected chi connectivity index (χ4v) is 5.11. The molecule has 1 aliphatic heterocycles. The molecular weight excluding hydrogens is 438 g/mol. The summed E-state index contributed by atoms with van der Waals surface area (Å²) in [4.78, 5) is 16.9. The number of para-hydroxylation sites is 1. The molecule has 0 fully saturated rings. The first kappa shape index (κ1) is 22.4. The van der Waals surface area contributed by atoms with E-state index in [-0.39, 0.29) is 12.1 Å². The van der Waals surface area contributed by atoms with Gasteiger partial charge in [0.15, 0.2) is 0 Å². The van der Waals surface area contributed by atoms with Crippen LogP contribution in [0.1, 0.15) is 48.2 Å². The number of urea groups is 1. The zero-order chi connectivity index (χ0) is 23.7. The molecule has 1 atom stereocenters. The summed E-state index contributed by atoms with van der Waals surface area (Å²) in [6, 6.07) is 28.9. The SMILES string of the molecule is CSc1cccc(NC(=O)N2Cc3ccccc3-n3cccc3C2c2ccc(C(C)C)cc2)c1. The summed E-state index contributed by atoms with van der Waals surface area (Å²) >= 11 is 1.66. The maximum Gasteiger partial charge on any atom is 0.322 e. The molecule has 1 N–H and O–H groups in total. The molecule has 0 saturated heterocycles. The Bertz CT molecular complexity index is 1310. The lowest BCUT2D eigenvalue weighted by Gasteiger charge is -2.31. The van der Waals surface area contributed by atoms with Crippen molar-refractivity contribution in [2.24, 2.45) is 0 Å². The number of carbonyl (C=O) groups is 1. The van der Waals surface area contributed by atoms with E-state index < -0.39 is 0 Å². The lowest BCUT2D eigenvalue weighted by atomic mass is 9.97. The van der Waals surface area contributed by atoms with E-state index in [9.17, 15) is 4.79 Å². The van der Waals surface area contributed by atoms with Crippen LogP contribution in [0, 0.1) is 0 Å². The largest absolute Gasteiger partial charge is 0.322 e. The molecule has 0 bridgehead atoms. The molecule has 5 heteroatoms. The molecule has 4 nitrogen and oxygen atoms in total. The van der Waals surface area contributed by atoms with Gasteiger partial charge in [-0.3, -0.25) is 0 Å². The highest BCUT2D eigenvalue weighted by molar-refractivity contribution is 7.98. The zero-order valence-electron chi connectivity index (χ0n) is 19.7. The summed E-state index contributed by atoms with van der Waals surface area (Å²) < 4.78 is 2.22. The highest BCUT2D eigenvalue weighted by atomic mass is 32.2. The van der Waals surface area contributed by atoms with Gasteiger partial charge in [-0.25, -0.2) is 4.79 Å². The number of anilines is 1. The number of carbonyl (C=O) groups excluding carboxylic acids is 1. The van der Waals surface area contributed by atoms with E-state index in [0.717, 1.165) is 33.1 Å². The summed E-state index contributed by atoms with van der Waals surface area (Å²) in [6.45, 7) is 4.91. The van der Waals surface area contributed by atoms with Crippen molar-refractivity contribution in [1.29, 1.82) is 0 Å². The Balaban J connectivity index is 1.60. The third-order valence-corrected chi connectivity index (χ3v) is 7.19. The van der Waals surface area contributed by atoms with Gasteiger partial charge >= 0.3 is 6.03 Å². The standard InChI is InChI=1S/C29H29N3OS/c1-20(2)21-13-15-22(16-14-21)28-27-12-7-17-31(27)26-11-5-4-8-23(26)19-32(28)29(33)30-24-9-6-10-25(18-24)34-3/h4-18,20,28H,19H2,1-3H3,(H,30,33). The van der Waals surface area contributed by atoms with E-state index in [0.29, 0.717) is 12.5 Å². The van der Waals surface area contributed by atoms with Gasteiger partial charge in [-0.05, 0) is 65.3 Å². The number of aromatic nitrogens is 1. The number of benzene rings is 3. The number of nitrogens with one attached hydrogen (secondary N) is 1. The zero-order valence-corrected chi connectivity index (χ0v) is 20.5. The first-order valence-corrected chi connectivity index (χ1v) is 12.8. The number of hydrogen-bond acceptors (Lipinski definition) is 2. The maximum atomic E-state index is 13.8. The molecule has 1 unspecified atom stereocenters. The first-order valence-electron chi connectivity index (χ1n) is 11.6. The summed E-state index contributed by atoms with van der Waals surface area (Å²) in [5.41, 5.74) is 6.51. The number of amides is 2. The lowest BCUT2D eigenvalue weighted by molar-refractivity contribution is 0.194. The van der Waals surface area contributed by atoms with Crippen molar-refractivity contribution < 1.29 is 4.79 Å². The number of fused-ring (bicyclic) bond motifs is 3. The van der Waals surface area contributed by atoms with Crippen molar-refractivity contribution in [3.8, 4) is 5.69 Å². The predicted octanol–water partition coefficient (Wildman–Crippen LogP) is 7.46. The monoisotopic (exact) mass is 467 g/mol. The van der Waals surface area contributed by atoms with Crippen LogP contribution in [0.15, 0.2) is 96.0 Å². The topological polar surface area (TPSA) is 37.3 Å². The fraction of sp³-hybridized carbons (Fsp3) is 0.207. The molecule has 0 saturated carbocycles. The minimum absolute atomic E-state index is 0.111. The van der Waals surface area contributed by atoms with E-state index in [2.05, 4.69) is 90.6 Å². The molecule has 172 valence electrons. The summed E-state index contributed by atoms with van der Waals surface area (Å²) in [7, 11) is 0. The normalized spacial score (nSPS) is 14.9. The Hall–Kier alpha value is -3.44. The van der Waals surface area contributed by atoms with Crippen LogP contribution >= 0.6 is 11.8 Å². The molecule has 2 amide bonds. The smallest absolute Gasteiger partial charge is 0.318 e. The van der Waals surface area contributed by atoms with Crippen LogP contribution in [-0.2, 0) is 6.54 Å². The van der Waals surface area contributed by atoms with E-state index in [1.807, 2.05) is 35.4 Å². The highest BCUT2D eigenvalue weighted by Crippen LogP contribution is 2.37. The van der Waals surface area contributed by atoms with Crippen LogP contribution in [0.3, 0.4) is 0 Å². The molecule has 0 radical (unpaired) electrons. The third kappa shape index (κ3) is 4.24. The van der Waals surface area contributed by atoms with E-state index >= 15 is 0 Å². The molecule has 2 heterocycles. The van der Waals surface area contributed by atoms with Crippen LogP contribution in [0.5, 0.6) is 0 Å². The van der Waals surface area contributed by atoms with Crippen molar-refractivity contribution in [3.63, 3.8) is 0 Å². The quantitative estimate of drug-likeness (QED) is 0.316. The second-order valence-corrected chi connectivity index (χ2v) is 9.83. The second-order valence-electron chi connectivity index (χ2n) is 8.95. The first-order chi connectivity index (χ1) is 16.5. The average Bonchev–Trinajstić information content (AvgIpc) is 3.28. The van der Waals surface area contributed by atoms with Crippen LogP contribution in [0.4, 0.5) is 10.5 Å². The van der Waals surface area contributed by atoms with Gasteiger partial charge in [0.1, 0.15) is 0 Å². The number of nitrogens with zero attached hydrogens (tertiary/aromatic N) is 2. The van der Waals surface area contributed by atoms with E-state index in [4.69, 9.17) is 0 Å². The summed E-state index contributed by atoms with van der Waals surface area (Å²) in [6.07, 6.45) is 4.13. The van der Waals surface area contributed by atoms with Crippen molar-refractivity contribution in [2.75, 3.05) is 11.6 Å². The molecular formula is C29H29N3OS. The Morgan fingerprint density at radius 1 is 0.971 bits per heavy atom. The highest BCUT2D eigenvalue weighted by Gasteiger charge is 2.33. The Labute approximate surface area is 205 Å². The van der Waals surface area contributed by atoms with Gasteiger partial charge in [0, 0.05) is 22.5 Å². The molecule has 4 aromatic rings. The van der Waals surface area contributed by atoms with Crippen LogP contribution < -0.4 is 5.32 Å². The summed E-state index contributed by atoms with van der Waals surface area (Å²) in [5.74, 6) is 0.458.